The van der Waals surface area contributed by atoms with E-state index in [1.807, 2.05) is 90.5 Å². The Morgan fingerprint density at radius 1 is 1.00 bits per heavy atom. The zero-order chi connectivity index (χ0) is 28.2. The first-order chi connectivity index (χ1) is 20.1. The second kappa shape index (κ2) is 11.9. The predicted octanol–water partition coefficient (Wildman–Crippen LogP) is 3.43. The number of imidazole rings is 1. The molecule has 1 aliphatic rings. The molecule has 6 rings (SSSR count). The number of amides is 2. The number of nitrogens with one attached hydrogen (secondary N) is 1. The van der Waals surface area contributed by atoms with E-state index in [1.165, 1.54) is 0 Å². The van der Waals surface area contributed by atoms with Crippen molar-refractivity contribution >= 4 is 33.9 Å². The van der Waals surface area contributed by atoms with Crippen LogP contribution < -0.4 is 5.32 Å². The number of ether oxygens (including phenoxy) is 1. The highest BCUT2D eigenvalue weighted by molar-refractivity contribution is 5.90. The van der Waals surface area contributed by atoms with Crippen LogP contribution in [0.15, 0.2) is 78.9 Å². The summed E-state index contributed by atoms with van der Waals surface area (Å²) in [6.07, 6.45) is 2.41. The first kappa shape index (κ1) is 26.6. The summed E-state index contributed by atoms with van der Waals surface area (Å²) in [5.41, 5.74) is 4.18. The topological polar surface area (TPSA) is 107 Å². The van der Waals surface area contributed by atoms with Crippen LogP contribution in [0, 0.1) is 0 Å². The van der Waals surface area contributed by atoms with Crippen LogP contribution in [0.4, 0.5) is 0 Å². The van der Waals surface area contributed by atoms with Gasteiger partial charge < -0.3 is 19.5 Å². The summed E-state index contributed by atoms with van der Waals surface area (Å²) in [5, 5.41) is 11.5. The van der Waals surface area contributed by atoms with Crippen LogP contribution in [0.3, 0.4) is 0 Å². The molecule has 1 N–H and O–H groups in total. The number of para-hydroxylation sites is 3. The van der Waals surface area contributed by atoms with Gasteiger partial charge >= 0.3 is 0 Å². The molecule has 210 valence electrons. The van der Waals surface area contributed by atoms with Crippen LogP contribution in [0.2, 0.25) is 0 Å². The third-order valence-corrected chi connectivity index (χ3v) is 7.66. The number of nitrogens with zero attached hydrogens (tertiary/aromatic N) is 6. The van der Waals surface area contributed by atoms with Gasteiger partial charge in [-0.25, -0.2) is 9.67 Å². The highest BCUT2D eigenvalue weighted by Gasteiger charge is 2.36. The van der Waals surface area contributed by atoms with Gasteiger partial charge in [-0.1, -0.05) is 59.8 Å². The van der Waals surface area contributed by atoms with Gasteiger partial charge in [0, 0.05) is 26.7 Å². The lowest BCUT2D eigenvalue weighted by atomic mass is 10.1. The molecule has 0 radical (unpaired) electrons. The fraction of sp³-hybridized carbons (Fsp3) is 0.323. The van der Waals surface area contributed by atoms with Gasteiger partial charge in [0.1, 0.15) is 17.9 Å². The maximum Gasteiger partial charge on any atom is 0.250 e. The van der Waals surface area contributed by atoms with Crippen LogP contribution in [-0.2, 0) is 34.3 Å². The molecule has 3 aromatic carbocycles. The van der Waals surface area contributed by atoms with Gasteiger partial charge in [-0.15, -0.1) is 5.10 Å². The van der Waals surface area contributed by atoms with Gasteiger partial charge in [-0.05, 0) is 49.1 Å². The van der Waals surface area contributed by atoms with Crippen molar-refractivity contribution in [2.45, 2.75) is 38.0 Å². The van der Waals surface area contributed by atoms with E-state index in [1.54, 1.807) is 9.58 Å². The molecule has 0 aliphatic carbocycles. The summed E-state index contributed by atoms with van der Waals surface area (Å²) < 4.78 is 9.24. The smallest absolute Gasteiger partial charge is 0.250 e. The predicted molar refractivity (Wildman–Crippen MR) is 155 cm³/mol. The fourth-order valence-corrected chi connectivity index (χ4v) is 5.47. The number of aryl methyl sites for hydroxylation is 1. The molecule has 1 saturated heterocycles. The van der Waals surface area contributed by atoms with Crippen molar-refractivity contribution in [3.8, 4) is 0 Å². The van der Waals surface area contributed by atoms with Gasteiger partial charge in [0.25, 0.3) is 5.91 Å². The Kier molecular flexibility index (Phi) is 7.73. The number of fused-ring (bicyclic) bond motifs is 2. The minimum atomic E-state index is -0.959. The maximum atomic E-state index is 14.2. The minimum absolute atomic E-state index is 0.0324. The standard InChI is InChI=1S/C31H33N7O3/c1-36-26-15-7-5-13-24(26)33-30(36)29(31(40)32-20-23-12-9-19-41-23)37(18-17-22-10-3-2-4-11-22)28(39)21-38-27-16-8-6-14-25(27)34-35-38/h2-8,10-11,13-16,23,29H,9,12,17-21H2,1H3,(H,32,40)/t23-,29-/m1/s1. The van der Waals surface area contributed by atoms with E-state index in [4.69, 9.17) is 9.72 Å². The number of carbonyl (C=O) groups is 2. The number of aromatic nitrogens is 5. The van der Waals surface area contributed by atoms with Crippen molar-refractivity contribution < 1.29 is 14.3 Å². The molecule has 0 saturated carbocycles. The Bertz CT molecular complexity index is 1660. The first-order valence-corrected chi connectivity index (χ1v) is 14.0. The number of carbonyl (C=O) groups excluding carboxylic acids is 2. The molecule has 1 aliphatic heterocycles. The Morgan fingerprint density at radius 2 is 1.73 bits per heavy atom. The molecule has 1 fully saturated rings. The molecule has 41 heavy (non-hydrogen) atoms. The van der Waals surface area contributed by atoms with Crippen molar-refractivity contribution in [2.75, 3.05) is 19.7 Å². The largest absolute Gasteiger partial charge is 0.376 e. The van der Waals surface area contributed by atoms with Gasteiger partial charge in [0.2, 0.25) is 5.91 Å². The Hall–Kier alpha value is -4.57. The molecule has 2 aromatic heterocycles. The van der Waals surface area contributed by atoms with E-state index in [9.17, 15) is 9.59 Å². The van der Waals surface area contributed by atoms with Crippen molar-refractivity contribution in [1.29, 1.82) is 0 Å². The Labute approximate surface area is 237 Å². The number of rotatable bonds is 10. The number of hydrogen-bond donors (Lipinski definition) is 1. The summed E-state index contributed by atoms with van der Waals surface area (Å²) in [6, 6.07) is 24.2. The Balaban J connectivity index is 1.38. The molecule has 5 aromatic rings. The lowest BCUT2D eigenvalue weighted by molar-refractivity contribution is -0.142. The van der Waals surface area contributed by atoms with E-state index in [2.05, 4.69) is 15.6 Å². The van der Waals surface area contributed by atoms with E-state index in [-0.39, 0.29) is 24.5 Å². The van der Waals surface area contributed by atoms with Crippen LogP contribution in [0.1, 0.15) is 30.3 Å². The summed E-state index contributed by atoms with van der Waals surface area (Å²) in [5.74, 6) is -0.0365. The Morgan fingerprint density at radius 3 is 2.49 bits per heavy atom. The lowest BCUT2D eigenvalue weighted by Gasteiger charge is -2.31. The molecule has 0 bridgehead atoms. The second-order valence-electron chi connectivity index (χ2n) is 10.4. The monoisotopic (exact) mass is 551 g/mol. The minimum Gasteiger partial charge on any atom is -0.376 e. The number of benzene rings is 3. The van der Waals surface area contributed by atoms with Crippen molar-refractivity contribution in [1.82, 2.24) is 34.8 Å². The summed E-state index contributed by atoms with van der Waals surface area (Å²) in [6.45, 7) is 1.33. The van der Waals surface area contributed by atoms with Crippen molar-refractivity contribution in [2.24, 2.45) is 7.05 Å². The molecular formula is C31H33N7O3. The molecule has 2 amide bonds. The van der Waals surface area contributed by atoms with Gasteiger partial charge in [0.05, 0.1) is 22.7 Å². The van der Waals surface area contributed by atoms with Crippen LogP contribution in [0.25, 0.3) is 22.1 Å². The lowest BCUT2D eigenvalue weighted by Crippen LogP contribution is -2.48. The molecule has 0 spiro atoms. The average molecular weight is 552 g/mol. The first-order valence-electron chi connectivity index (χ1n) is 14.0. The van der Waals surface area contributed by atoms with Crippen LogP contribution in [-0.4, -0.2) is 67.1 Å². The third-order valence-electron chi connectivity index (χ3n) is 7.66. The number of hydrogen-bond acceptors (Lipinski definition) is 6. The van der Waals surface area contributed by atoms with Crippen LogP contribution in [0.5, 0.6) is 0 Å². The van der Waals surface area contributed by atoms with Crippen molar-refractivity contribution in [3.63, 3.8) is 0 Å². The normalized spacial score (nSPS) is 15.8. The molecule has 2 atom stereocenters. The molecule has 3 heterocycles. The zero-order valence-electron chi connectivity index (χ0n) is 23.0. The molecular weight excluding hydrogens is 518 g/mol. The molecule has 10 nitrogen and oxygen atoms in total. The molecule has 10 heteroatoms. The van der Waals surface area contributed by atoms with E-state index < -0.39 is 6.04 Å². The second-order valence-corrected chi connectivity index (χ2v) is 10.4. The fourth-order valence-electron chi connectivity index (χ4n) is 5.47. The van der Waals surface area contributed by atoms with E-state index in [0.29, 0.717) is 37.5 Å². The highest BCUT2D eigenvalue weighted by Crippen LogP contribution is 2.26. The zero-order valence-corrected chi connectivity index (χ0v) is 23.0. The van der Waals surface area contributed by atoms with E-state index in [0.717, 1.165) is 35.0 Å². The van der Waals surface area contributed by atoms with Crippen LogP contribution >= 0.6 is 0 Å². The van der Waals surface area contributed by atoms with Crippen molar-refractivity contribution in [3.05, 3.63) is 90.3 Å². The summed E-state index contributed by atoms with van der Waals surface area (Å²) in [4.78, 5) is 34.7. The SMILES string of the molecule is Cn1c([C@H](C(=O)NC[C@H]2CCCO2)N(CCc2ccccc2)C(=O)Cn2nnc3ccccc32)nc2ccccc21. The maximum absolute atomic E-state index is 14.2. The molecule has 0 unspecified atom stereocenters. The summed E-state index contributed by atoms with van der Waals surface area (Å²) in [7, 11) is 1.88. The summed E-state index contributed by atoms with van der Waals surface area (Å²) >= 11 is 0. The van der Waals surface area contributed by atoms with Gasteiger partial charge in [-0.3, -0.25) is 9.59 Å². The highest BCUT2D eigenvalue weighted by atomic mass is 16.5. The van der Waals surface area contributed by atoms with Gasteiger partial charge in [0.15, 0.2) is 6.04 Å². The quantitative estimate of drug-likeness (QED) is 0.285. The third kappa shape index (κ3) is 5.69. The van der Waals surface area contributed by atoms with Gasteiger partial charge in [-0.2, -0.15) is 0 Å². The van der Waals surface area contributed by atoms with E-state index >= 15 is 0 Å². The average Bonchev–Trinajstić information content (AvgIpc) is 3.75.